The lowest BCUT2D eigenvalue weighted by Gasteiger charge is -2.22. The second kappa shape index (κ2) is 18.5. The number of nitrogens with two attached hydrogens (primary N) is 1. The Hall–Kier alpha value is -3.79. The van der Waals surface area contributed by atoms with E-state index in [1.807, 2.05) is 30.3 Å². The van der Waals surface area contributed by atoms with Crippen LogP contribution >= 0.6 is 0 Å². The van der Waals surface area contributed by atoms with Gasteiger partial charge in [-0.1, -0.05) is 57.5 Å². The molecular formula is C31H47N3O7. The van der Waals surface area contributed by atoms with Crippen LogP contribution in [0.2, 0.25) is 0 Å². The third-order valence-electron chi connectivity index (χ3n) is 5.81. The highest BCUT2D eigenvalue weighted by molar-refractivity contribution is 5.90. The van der Waals surface area contributed by atoms with Gasteiger partial charge in [-0.3, -0.25) is 0 Å². The fraction of sp³-hybridized carbons (Fsp3) is 0.516. The van der Waals surface area contributed by atoms with Crippen LogP contribution in [-0.2, 0) is 20.7 Å². The number of aliphatic carboxylic acids is 1. The molecule has 0 saturated carbocycles. The molecule has 10 heteroatoms. The van der Waals surface area contributed by atoms with Gasteiger partial charge >= 0.3 is 18.0 Å². The fourth-order valence-electron chi connectivity index (χ4n) is 3.50. The van der Waals surface area contributed by atoms with Gasteiger partial charge in [0.1, 0.15) is 24.0 Å². The highest BCUT2D eigenvalue weighted by Gasteiger charge is 2.24. The molecule has 0 saturated heterocycles. The molecule has 0 bridgehead atoms. The smallest absolute Gasteiger partial charge is 0.408 e. The summed E-state index contributed by atoms with van der Waals surface area (Å²) in [5.41, 5.74) is 7.06. The largest absolute Gasteiger partial charge is 0.491 e. The van der Waals surface area contributed by atoms with Crippen LogP contribution in [0, 0.1) is 0 Å². The lowest BCUT2D eigenvalue weighted by Crippen LogP contribution is -2.44. The van der Waals surface area contributed by atoms with Crippen LogP contribution in [0.1, 0.15) is 70.3 Å². The molecule has 0 unspecified atom stereocenters. The normalized spacial score (nSPS) is 11.6. The molecule has 0 aliphatic carbocycles. The van der Waals surface area contributed by atoms with Gasteiger partial charge in [0, 0.05) is 13.0 Å². The number of nitrogens with zero attached hydrogens (tertiary/aromatic N) is 1. The maximum Gasteiger partial charge on any atom is 0.408 e. The Kier molecular flexibility index (Phi) is 15.9. The molecule has 2 aromatic rings. The van der Waals surface area contributed by atoms with E-state index in [4.69, 9.17) is 25.1 Å². The number of unbranched alkanes of at least 4 members (excludes halogenated alkanes) is 1. The van der Waals surface area contributed by atoms with Crippen molar-refractivity contribution >= 4 is 23.7 Å². The van der Waals surface area contributed by atoms with Crippen molar-refractivity contribution in [2.75, 3.05) is 38.6 Å². The van der Waals surface area contributed by atoms with Crippen molar-refractivity contribution in [3.63, 3.8) is 0 Å². The molecule has 0 heterocycles. The topological polar surface area (TPSA) is 140 Å². The van der Waals surface area contributed by atoms with Gasteiger partial charge in [0.2, 0.25) is 0 Å². The van der Waals surface area contributed by atoms with Gasteiger partial charge in [-0.05, 0) is 64.0 Å². The number of benzene rings is 2. The third-order valence-corrected chi connectivity index (χ3v) is 5.81. The van der Waals surface area contributed by atoms with E-state index in [0.717, 1.165) is 38.0 Å². The highest BCUT2D eigenvalue weighted by Crippen LogP contribution is 2.23. The minimum absolute atomic E-state index is 0.218. The minimum Gasteiger partial charge on any atom is -0.491 e. The van der Waals surface area contributed by atoms with Crippen molar-refractivity contribution in [3.05, 3.63) is 59.7 Å². The molecule has 0 spiro atoms. The van der Waals surface area contributed by atoms with Crippen LogP contribution in [0.15, 0.2) is 48.5 Å². The van der Waals surface area contributed by atoms with Crippen molar-refractivity contribution in [2.45, 2.75) is 72.4 Å². The number of amides is 1. The van der Waals surface area contributed by atoms with Crippen molar-refractivity contribution < 1.29 is 33.7 Å². The van der Waals surface area contributed by atoms with Gasteiger partial charge in [-0.25, -0.2) is 14.4 Å². The van der Waals surface area contributed by atoms with Crippen molar-refractivity contribution in [1.29, 1.82) is 0 Å². The molecule has 1 atom stereocenters. The van der Waals surface area contributed by atoms with Crippen LogP contribution in [-0.4, -0.2) is 72.5 Å². The number of hydrogen-bond donors (Lipinski definition) is 3. The number of hydrogen-bond acceptors (Lipinski definition) is 8. The molecule has 41 heavy (non-hydrogen) atoms. The quantitative estimate of drug-likeness (QED) is 0.159. The summed E-state index contributed by atoms with van der Waals surface area (Å²) in [6.07, 6.45) is 1.50. The third kappa shape index (κ3) is 15.0. The second-order valence-electron chi connectivity index (χ2n) is 10.3. The zero-order valence-corrected chi connectivity index (χ0v) is 25.3. The van der Waals surface area contributed by atoms with Crippen LogP contribution in [0.25, 0.3) is 0 Å². The first kappa shape index (κ1) is 35.2. The number of ether oxygens (including phenoxy) is 3. The molecule has 4 N–H and O–H groups in total. The Morgan fingerprint density at radius 3 is 2.22 bits per heavy atom. The number of esters is 1. The highest BCUT2D eigenvalue weighted by atomic mass is 16.6. The molecule has 0 fully saturated rings. The number of carboxylic acid groups (broad SMARTS) is 1. The molecule has 228 valence electrons. The van der Waals surface area contributed by atoms with Gasteiger partial charge in [0.25, 0.3) is 0 Å². The summed E-state index contributed by atoms with van der Waals surface area (Å²) in [6.45, 7) is 15.1. The van der Waals surface area contributed by atoms with Crippen molar-refractivity contribution in [2.24, 2.45) is 0 Å². The molecular weight excluding hydrogens is 526 g/mol. The molecule has 10 nitrogen and oxygen atoms in total. The van der Waals surface area contributed by atoms with Gasteiger partial charge in [0.15, 0.2) is 0 Å². The van der Waals surface area contributed by atoms with Crippen molar-refractivity contribution in [1.82, 2.24) is 10.2 Å². The first-order chi connectivity index (χ1) is 19.4. The summed E-state index contributed by atoms with van der Waals surface area (Å²) in [6, 6.07) is 13.1. The Balaban J connectivity index is 0.000000414. The van der Waals surface area contributed by atoms with E-state index in [-0.39, 0.29) is 12.4 Å². The molecule has 2 aromatic carbocycles. The molecule has 0 radical (unpaired) electrons. The van der Waals surface area contributed by atoms with Crippen LogP contribution in [0.5, 0.6) is 5.75 Å². The minimum atomic E-state index is -1.09. The summed E-state index contributed by atoms with van der Waals surface area (Å²) in [5.74, 6) is -0.881. The number of nitrogens with one attached hydrogen (secondary N) is 1. The van der Waals surface area contributed by atoms with Crippen LogP contribution in [0.3, 0.4) is 0 Å². The van der Waals surface area contributed by atoms with Crippen molar-refractivity contribution in [3.8, 4) is 5.75 Å². The number of likely N-dealkylation sites (N-methyl/N-ethyl adjacent to an activating group) is 1. The van der Waals surface area contributed by atoms with E-state index in [0.29, 0.717) is 30.2 Å². The summed E-state index contributed by atoms with van der Waals surface area (Å²) in [4.78, 5) is 37.0. The Morgan fingerprint density at radius 1 is 1.00 bits per heavy atom. The van der Waals surface area contributed by atoms with Crippen LogP contribution < -0.4 is 15.8 Å². The molecule has 2 rings (SSSR count). The summed E-state index contributed by atoms with van der Waals surface area (Å²) in [5, 5.41) is 11.5. The molecule has 0 aliphatic rings. The Morgan fingerprint density at radius 2 is 1.66 bits per heavy atom. The number of carboxylic acids is 1. The second-order valence-corrected chi connectivity index (χ2v) is 10.3. The fourth-order valence-corrected chi connectivity index (χ4v) is 3.50. The maximum absolute atomic E-state index is 12.1. The first-order valence-electron chi connectivity index (χ1n) is 14.1. The Bertz CT molecular complexity index is 1070. The molecule has 0 aliphatic heterocycles. The number of carbonyl (C=O) groups is 3. The van der Waals surface area contributed by atoms with Gasteiger partial charge < -0.3 is 35.3 Å². The average molecular weight is 574 g/mol. The number of rotatable bonds is 14. The SMILES string of the molecule is CC(C)(C)OC(=O)N[C@H](Cc1ccccc1)C(=O)O.CCCCOc1cc(C(=O)OCCN(CC)CC)ccc1N. The summed E-state index contributed by atoms with van der Waals surface area (Å²) < 4.78 is 16.0. The van der Waals surface area contributed by atoms with E-state index in [9.17, 15) is 14.4 Å². The predicted molar refractivity (Wildman–Crippen MR) is 160 cm³/mol. The molecule has 0 aromatic heterocycles. The van der Waals surface area contributed by atoms with Gasteiger partial charge in [-0.15, -0.1) is 0 Å². The maximum atomic E-state index is 12.1. The number of anilines is 1. The van der Waals surface area contributed by atoms with Crippen LogP contribution in [0.4, 0.5) is 10.5 Å². The lowest BCUT2D eigenvalue weighted by molar-refractivity contribution is -0.139. The van der Waals surface area contributed by atoms with Gasteiger partial charge in [0.05, 0.1) is 17.9 Å². The predicted octanol–water partition coefficient (Wildman–Crippen LogP) is 5.15. The first-order valence-corrected chi connectivity index (χ1v) is 14.1. The zero-order chi connectivity index (χ0) is 30.8. The molecule has 1 amide bonds. The van der Waals surface area contributed by atoms with E-state index in [1.165, 1.54) is 0 Å². The summed E-state index contributed by atoms with van der Waals surface area (Å²) >= 11 is 0. The average Bonchev–Trinajstić information content (AvgIpc) is 2.91. The Labute approximate surface area is 244 Å². The number of nitrogen functional groups attached to an aromatic ring is 1. The van der Waals surface area contributed by atoms with E-state index in [1.54, 1.807) is 39.0 Å². The monoisotopic (exact) mass is 573 g/mol. The zero-order valence-electron chi connectivity index (χ0n) is 25.3. The lowest BCUT2D eigenvalue weighted by atomic mass is 10.1. The number of alkyl carbamates (subject to hydrolysis) is 1. The van der Waals surface area contributed by atoms with E-state index >= 15 is 0 Å². The summed E-state index contributed by atoms with van der Waals surface area (Å²) in [7, 11) is 0. The standard InChI is InChI=1S/C17H28N2O3.C14H19NO4/c1-4-7-11-21-16-13-14(8-9-15(16)18)17(20)22-12-10-19(5-2)6-3;1-14(2,3)19-13(18)15-11(12(16)17)9-10-7-5-4-6-8-10/h8-9,13H,4-7,10-12,18H2,1-3H3;4-8,11H,9H2,1-3H3,(H,15,18)(H,16,17)/t;11-/m.1/s1. The van der Waals surface area contributed by atoms with E-state index < -0.39 is 23.7 Å². The number of carbonyl (C=O) groups excluding carboxylic acids is 2. The van der Waals surface area contributed by atoms with E-state index in [2.05, 4.69) is 31.0 Å². The van der Waals surface area contributed by atoms with Gasteiger partial charge in [-0.2, -0.15) is 0 Å².